The van der Waals surface area contributed by atoms with Gasteiger partial charge in [-0.15, -0.1) is 0 Å². The van der Waals surface area contributed by atoms with Crippen LogP contribution in [0.5, 0.6) is 5.75 Å². The van der Waals surface area contributed by atoms with Crippen LogP contribution in [0.3, 0.4) is 0 Å². The van der Waals surface area contributed by atoms with Crippen LogP contribution >= 0.6 is 22.6 Å². The van der Waals surface area contributed by atoms with E-state index in [9.17, 15) is 0 Å². The standard InChI is InChI=1S/C9H9N.C8H7NO.C7H17ISi/c1-7-2-3-8-5-10-6-9(8)4-7;10-8-2-1-6-4-9-5-7(6)3-8;1-7(2,3)9(4,5)6-8/h2-5H,6H2,1H3;1-4,10H,5H2;6H2,1-5H3. The van der Waals surface area contributed by atoms with Crippen LogP contribution in [0.25, 0.3) is 0 Å². The van der Waals surface area contributed by atoms with Gasteiger partial charge in [0.05, 0.1) is 21.2 Å². The molecule has 0 radical (unpaired) electrons. The number of phenolic OH excluding ortho intramolecular Hbond substituents is 1. The van der Waals surface area contributed by atoms with Gasteiger partial charge in [-0.05, 0) is 56.5 Å². The van der Waals surface area contributed by atoms with Crippen molar-refractivity contribution in [3.05, 3.63) is 64.2 Å². The minimum atomic E-state index is -0.892. The highest BCUT2D eigenvalue weighted by Gasteiger charge is 2.33. The molecule has 0 aromatic heterocycles. The number of hydrogen-bond donors (Lipinski definition) is 1. The van der Waals surface area contributed by atoms with Crippen molar-refractivity contribution < 1.29 is 5.11 Å². The molecule has 0 bridgehead atoms. The third kappa shape index (κ3) is 6.78. The van der Waals surface area contributed by atoms with E-state index >= 15 is 0 Å². The number of phenols is 1. The van der Waals surface area contributed by atoms with E-state index in [1.165, 1.54) is 20.7 Å². The topological polar surface area (TPSA) is 45.0 Å². The Hall–Kier alpha value is -1.47. The predicted octanol–water partition coefficient (Wildman–Crippen LogP) is 6.72. The third-order valence-electron chi connectivity index (χ3n) is 5.77. The average Bonchev–Trinajstić information content (AvgIpc) is 3.29. The highest BCUT2D eigenvalue weighted by molar-refractivity contribution is 14.1. The molecule has 0 fully saturated rings. The molecule has 4 rings (SSSR count). The van der Waals surface area contributed by atoms with Crippen LogP contribution in [0.4, 0.5) is 0 Å². The molecule has 0 amide bonds. The van der Waals surface area contributed by atoms with E-state index in [1.807, 2.05) is 18.5 Å². The highest BCUT2D eigenvalue weighted by Crippen LogP contribution is 2.36. The van der Waals surface area contributed by atoms with Crippen LogP contribution in [-0.4, -0.2) is 29.7 Å². The van der Waals surface area contributed by atoms with Crippen LogP contribution in [0.15, 0.2) is 46.4 Å². The summed E-state index contributed by atoms with van der Waals surface area (Å²) >= 11 is 2.52. The third-order valence-corrected chi connectivity index (χ3v) is 16.2. The van der Waals surface area contributed by atoms with Crippen molar-refractivity contribution in [1.29, 1.82) is 0 Å². The Morgan fingerprint density at radius 1 is 0.931 bits per heavy atom. The van der Waals surface area contributed by atoms with Crippen LogP contribution < -0.4 is 0 Å². The summed E-state index contributed by atoms with van der Waals surface area (Å²) < 4.78 is 1.37. The molecule has 2 aliphatic heterocycles. The van der Waals surface area contributed by atoms with Gasteiger partial charge in [-0.3, -0.25) is 9.98 Å². The van der Waals surface area contributed by atoms with E-state index in [-0.39, 0.29) is 0 Å². The first-order valence-electron chi connectivity index (χ1n) is 10.0. The predicted molar refractivity (Wildman–Crippen MR) is 138 cm³/mol. The molecule has 2 aromatic rings. The van der Waals surface area contributed by atoms with E-state index in [0.29, 0.717) is 17.3 Å². The van der Waals surface area contributed by atoms with Gasteiger partial charge in [0.25, 0.3) is 0 Å². The number of rotatable bonds is 1. The van der Waals surface area contributed by atoms with Crippen LogP contribution in [0.2, 0.25) is 18.1 Å². The summed E-state index contributed by atoms with van der Waals surface area (Å²) in [5.41, 5.74) is 6.20. The fourth-order valence-corrected chi connectivity index (χ4v) is 6.37. The van der Waals surface area contributed by atoms with Gasteiger partial charge in [-0.25, -0.2) is 0 Å². The molecule has 2 heterocycles. The summed E-state index contributed by atoms with van der Waals surface area (Å²) in [4.78, 5) is 8.22. The second kappa shape index (κ2) is 10.0. The highest BCUT2D eigenvalue weighted by atomic mass is 127. The molecular weight excluding hydrogens is 487 g/mol. The van der Waals surface area contributed by atoms with Crippen LogP contribution in [0.1, 0.15) is 48.6 Å². The Balaban J connectivity index is 0.000000156. The molecule has 2 aliphatic rings. The number of fused-ring (bicyclic) bond motifs is 2. The van der Waals surface area contributed by atoms with Gasteiger partial charge in [-0.2, -0.15) is 0 Å². The fourth-order valence-electron chi connectivity index (χ4n) is 2.54. The van der Waals surface area contributed by atoms with Crippen LogP contribution in [-0.2, 0) is 13.1 Å². The van der Waals surface area contributed by atoms with Gasteiger partial charge in [-0.1, -0.05) is 80.2 Å². The molecule has 0 atom stereocenters. The molecule has 5 heteroatoms. The maximum Gasteiger partial charge on any atom is 0.115 e. The monoisotopic (exact) mass is 520 g/mol. The minimum absolute atomic E-state index is 0.323. The zero-order valence-electron chi connectivity index (χ0n) is 18.5. The fraction of sp³-hybridized carbons (Fsp3) is 0.417. The molecule has 0 saturated carbocycles. The molecular formula is C24H33IN2OSi. The number of aryl methyl sites for hydroxylation is 1. The summed E-state index contributed by atoms with van der Waals surface area (Å²) in [6.45, 7) is 15.7. The number of aromatic hydroxyl groups is 1. The Kier molecular flexibility index (Phi) is 8.23. The SMILES string of the molecule is CC(C)(C)[Si](C)(C)CI.Cc1ccc2c(c1)CN=C2.Oc1ccc2c(c1)CN=C2. The summed E-state index contributed by atoms with van der Waals surface area (Å²) in [7, 11) is -0.892. The lowest BCUT2D eigenvalue weighted by atomic mass is 10.1. The zero-order chi connectivity index (χ0) is 21.7. The first-order valence-corrected chi connectivity index (χ1v) is 14.7. The quantitative estimate of drug-likeness (QED) is 0.253. The number of hydrogen-bond acceptors (Lipinski definition) is 3. The molecule has 0 aliphatic carbocycles. The number of benzene rings is 2. The molecule has 2 aromatic carbocycles. The molecule has 29 heavy (non-hydrogen) atoms. The van der Waals surface area contributed by atoms with Crippen molar-refractivity contribution in [3.8, 4) is 5.75 Å². The lowest BCUT2D eigenvalue weighted by Crippen LogP contribution is -2.39. The Labute approximate surface area is 190 Å². The molecule has 156 valence electrons. The number of alkyl halides is 1. The van der Waals surface area contributed by atoms with Crippen molar-refractivity contribution in [3.63, 3.8) is 0 Å². The van der Waals surface area contributed by atoms with Crippen LogP contribution in [0, 0.1) is 6.92 Å². The molecule has 1 N–H and O–H groups in total. The summed E-state index contributed by atoms with van der Waals surface area (Å²) in [5.74, 6) is 0.323. The van der Waals surface area contributed by atoms with Crippen molar-refractivity contribution in [2.75, 3.05) is 4.05 Å². The lowest BCUT2D eigenvalue weighted by molar-refractivity contribution is 0.474. The molecule has 3 nitrogen and oxygen atoms in total. The van der Waals surface area contributed by atoms with Crippen molar-refractivity contribution >= 4 is 43.1 Å². The maximum atomic E-state index is 9.04. The molecule has 0 saturated heterocycles. The van der Waals surface area contributed by atoms with E-state index in [4.69, 9.17) is 5.11 Å². The normalized spacial score (nSPS) is 13.8. The van der Waals surface area contributed by atoms with Gasteiger partial charge < -0.3 is 5.11 Å². The minimum Gasteiger partial charge on any atom is -0.508 e. The lowest BCUT2D eigenvalue weighted by Gasteiger charge is -2.35. The Morgan fingerprint density at radius 3 is 1.93 bits per heavy atom. The van der Waals surface area contributed by atoms with Crippen molar-refractivity contribution in [1.82, 2.24) is 0 Å². The first-order chi connectivity index (χ1) is 13.5. The van der Waals surface area contributed by atoms with Crippen molar-refractivity contribution in [2.45, 2.75) is 58.9 Å². The van der Waals surface area contributed by atoms with Gasteiger partial charge >= 0.3 is 0 Å². The summed E-state index contributed by atoms with van der Waals surface area (Å²) in [6.07, 6.45) is 3.77. The maximum absolute atomic E-state index is 9.04. The molecule has 0 spiro atoms. The number of aliphatic imine (C=N–C) groups is 2. The largest absolute Gasteiger partial charge is 0.508 e. The second-order valence-electron chi connectivity index (χ2n) is 9.29. The second-order valence-corrected chi connectivity index (χ2v) is 17.1. The first kappa shape index (κ1) is 23.8. The number of nitrogens with zero attached hydrogens (tertiary/aromatic N) is 2. The van der Waals surface area contributed by atoms with Gasteiger partial charge in [0.2, 0.25) is 0 Å². The summed E-state index contributed by atoms with van der Waals surface area (Å²) in [5, 5.41) is 9.62. The number of halogens is 1. The smallest absolute Gasteiger partial charge is 0.115 e. The van der Waals surface area contributed by atoms with Gasteiger partial charge in [0.15, 0.2) is 0 Å². The average molecular weight is 521 g/mol. The van der Waals surface area contributed by atoms with E-state index in [2.05, 4.69) is 91.6 Å². The zero-order valence-corrected chi connectivity index (χ0v) is 21.6. The van der Waals surface area contributed by atoms with E-state index in [0.717, 1.165) is 17.7 Å². The summed E-state index contributed by atoms with van der Waals surface area (Å²) in [6, 6.07) is 11.7. The Bertz CT molecular complexity index is 837. The van der Waals surface area contributed by atoms with Gasteiger partial charge in [0, 0.05) is 12.4 Å². The molecule has 0 unspecified atom stereocenters. The van der Waals surface area contributed by atoms with Gasteiger partial charge in [0.1, 0.15) is 5.75 Å². The van der Waals surface area contributed by atoms with E-state index < -0.39 is 8.07 Å². The Morgan fingerprint density at radius 2 is 1.45 bits per heavy atom. The van der Waals surface area contributed by atoms with Crippen molar-refractivity contribution in [2.24, 2.45) is 9.98 Å². The van der Waals surface area contributed by atoms with E-state index in [1.54, 1.807) is 12.1 Å².